The number of nitrogens with one attached hydrogen (secondary N) is 1. The Hall–Kier alpha value is -1.59. The summed E-state index contributed by atoms with van der Waals surface area (Å²) in [5.74, 6) is 0.265. The monoisotopic (exact) mass is 304 g/mol. The largest absolute Gasteiger partial charge is 0.508 e. The molecule has 0 bridgehead atoms. The normalized spacial score (nSPS) is 24.9. The number of morpholine rings is 1. The summed E-state index contributed by atoms with van der Waals surface area (Å²) in [6.45, 7) is 3.44. The quantitative estimate of drug-likeness (QED) is 0.861. The van der Waals surface area contributed by atoms with Gasteiger partial charge in [0.25, 0.3) is 0 Å². The van der Waals surface area contributed by atoms with Crippen LogP contribution >= 0.6 is 0 Å². The van der Waals surface area contributed by atoms with E-state index in [1.54, 1.807) is 12.1 Å². The van der Waals surface area contributed by atoms with E-state index in [0.29, 0.717) is 25.4 Å². The minimum atomic E-state index is 0.00963. The van der Waals surface area contributed by atoms with E-state index >= 15 is 0 Å². The molecule has 2 heterocycles. The highest BCUT2D eigenvalue weighted by Crippen LogP contribution is 2.22. The molecule has 2 atom stereocenters. The second-order valence-electron chi connectivity index (χ2n) is 6.18. The first-order chi connectivity index (χ1) is 10.7. The molecule has 1 aromatic rings. The first kappa shape index (κ1) is 15.3. The molecule has 3 rings (SSSR count). The zero-order valence-corrected chi connectivity index (χ0v) is 12.8. The Kier molecular flexibility index (Phi) is 4.95. The van der Waals surface area contributed by atoms with Crippen LogP contribution in [-0.2, 0) is 16.0 Å². The van der Waals surface area contributed by atoms with Crippen molar-refractivity contribution in [1.82, 2.24) is 10.2 Å². The SMILES string of the molecule is O=C(CCc1ccccc1O)NCC1CN2CCCC2CO1. The number of hydrogen-bond donors (Lipinski definition) is 2. The number of rotatable bonds is 5. The van der Waals surface area contributed by atoms with Crippen molar-refractivity contribution in [2.24, 2.45) is 0 Å². The second-order valence-corrected chi connectivity index (χ2v) is 6.18. The van der Waals surface area contributed by atoms with E-state index in [-0.39, 0.29) is 17.8 Å². The average Bonchev–Trinajstić information content (AvgIpc) is 2.99. The number of fused-ring (bicyclic) bond motifs is 1. The summed E-state index contributed by atoms with van der Waals surface area (Å²) in [5.41, 5.74) is 0.812. The van der Waals surface area contributed by atoms with Crippen molar-refractivity contribution in [3.63, 3.8) is 0 Å². The topological polar surface area (TPSA) is 61.8 Å². The minimum absolute atomic E-state index is 0.00963. The number of benzene rings is 1. The van der Waals surface area contributed by atoms with E-state index < -0.39 is 0 Å². The molecule has 0 aliphatic carbocycles. The minimum Gasteiger partial charge on any atom is -0.508 e. The van der Waals surface area contributed by atoms with E-state index in [1.165, 1.54) is 12.8 Å². The van der Waals surface area contributed by atoms with Crippen LogP contribution in [0.3, 0.4) is 0 Å². The van der Waals surface area contributed by atoms with Crippen molar-refractivity contribution in [3.8, 4) is 5.75 Å². The van der Waals surface area contributed by atoms with Crippen molar-refractivity contribution in [2.45, 2.75) is 37.8 Å². The highest BCUT2D eigenvalue weighted by atomic mass is 16.5. The zero-order chi connectivity index (χ0) is 15.4. The number of para-hydroxylation sites is 1. The zero-order valence-electron chi connectivity index (χ0n) is 12.8. The highest BCUT2D eigenvalue weighted by molar-refractivity contribution is 5.76. The van der Waals surface area contributed by atoms with Gasteiger partial charge in [-0.2, -0.15) is 0 Å². The Balaban J connectivity index is 1.38. The Bertz CT molecular complexity index is 520. The molecular formula is C17H24N2O3. The van der Waals surface area contributed by atoms with E-state index in [1.807, 2.05) is 12.1 Å². The molecule has 0 radical (unpaired) electrons. The molecule has 5 heteroatoms. The number of hydrogen-bond acceptors (Lipinski definition) is 4. The third-order valence-electron chi connectivity index (χ3n) is 4.60. The van der Waals surface area contributed by atoms with Crippen LogP contribution in [0, 0.1) is 0 Å². The molecule has 1 amide bonds. The van der Waals surface area contributed by atoms with Gasteiger partial charge in [0.1, 0.15) is 5.75 Å². The molecule has 22 heavy (non-hydrogen) atoms. The van der Waals surface area contributed by atoms with Crippen molar-refractivity contribution < 1.29 is 14.6 Å². The average molecular weight is 304 g/mol. The van der Waals surface area contributed by atoms with Gasteiger partial charge in [0, 0.05) is 25.6 Å². The molecule has 1 aromatic carbocycles. The first-order valence-electron chi connectivity index (χ1n) is 8.11. The molecule has 0 aromatic heterocycles. The molecule has 2 saturated heterocycles. The van der Waals surface area contributed by atoms with Crippen molar-refractivity contribution >= 4 is 5.91 Å². The number of carbonyl (C=O) groups excluding carboxylic acids is 1. The smallest absolute Gasteiger partial charge is 0.220 e. The van der Waals surface area contributed by atoms with Gasteiger partial charge in [-0.25, -0.2) is 0 Å². The van der Waals surface area contributed by atoms with Gasteiger partial charge in [-0.05, 0) is 37.4 Å². The van der Waals surface area contributed by atoms with Crippen LogP contribution in [0.25, 0.3) is 0 Å². The number of ether oxygens (including phenoxy) is 1. The molecule has 2 fully saturated rings. The Morgan fingerprint density at radius 1 is 1.41 bits per heavy atom. The Morgan fingerprint density at radius 3 is 3.14 bits per heavy atom. The maximum Gasteiger partial charge on any atom is 0.220 e. The Labute approximate surface area is 131 Å². The number of phenols is 1. The molecule has 0 saturated carbocycles. The molecule has 2 N–H and O–H groups in total. The van der Waals surface area contributed by atoms with Gasteiger partial charge in [0.15, 0.2) is 0 Å². The molecule has 2 aliphatic heterocycles. The lowest BCUT2D eigenvalue weighted by molar-refractivity contribution is -0.122. The molecule has 5 nitrogen and oxygen atoms in total. The number of carbonyl (C=O) groups is 1. The summed E-state index contributed by atoms with van der Waals surface area (Å²) in [4.78, 5) is 14.4. The van der Waals surface area contributed by atoms with Gasteiger partial charge >= 0.3 is 0 Å². The summed E-state index contributed by atoms with van der Waals surface area (Å²) in [6.07, 6.45) is 3.53. The molecular weight excluding hydrogens is 280 g/mol. The number of amides is 1. The molecule has 120 valence electrons. The van der Waals surface area contributed by atoms with Crippen LogP contribution in [0.1, 0.15) is 24.8 Å². The number of phenolic OH excluding ortho intramolecular Hbond substituents is 1. The summed E-state index contributed by atoms with van der Waals surface area (Å²) in [6, 6.07) is 7.74. The van der Waals surface area contributed by atoms with Crippen LogP contribution in [0.15, 0.2) is 24.3 Å². The molecule has 2 unspecified atom stereocenters. The summed E-state index contributed by atoms with van der Waals surface area (Å²) >= 11 is 0. The van der Waals surface area contributed by atoms with Gasteiger partial charge in [-0.1, -0.05) is 18.2 Å². The lowest BCUT2D eigenvalue weighted by Gasteiger charge is -2.35. The van der Waals surface area contributed by atoms with Crippen LogP contribution < -0.4 is 5.32 Å². The fraction of sp³-hybridized carbons (Fsp3) is 0.588. The molecule has 2 aliphatic rings. The Morgan fingerprint density at radius 2 is 2.27 bits per heavy atom. The van der Waals surface area contributed by atoms with Crippen LogP contribution in [-0.4, -0.2) is 54.3 Å². The lowest BCUT2D eigenvalue weighted by atomic mass is 10.1. The maximum atomic E-state index is 11.9. The number of aryl methyl sites for hydroxylation is 1. The van der Waals surface area contributed by atoms with E-state index in [2.05, 4.69) is 10.2 Å². The third-order valence-corrected chi connectivity index (χ3v) is 4.60. The maximum absolute atomic E-state index is 11.9. The predicted octanol–water partition coefficient (Wildman–Crippen LogP) is 1.30. The summed E-state index contributed by atoms with van der Waals surface area (Å²) < 4.78 is 5.83. The summed E-state index contributed by atoms with van der Waals surface area (Å²) in [7, 11) is 0. The fourth-order valence-electron chi connectivity index (χ4n) is 3.30. The van der Waals surface area contributed by atoms with Crippen molar-refractivity contribution in [1.29, 1.82) is 0 Å². The first-order valence-corrected chi connectivity index (χ1v) is 8.11. The van der Waals surface area contributed by atoms with Gasteiger partial charge in [0.2, 0.25) is 5.91 Å². The van der Waals surface area contributed by atoms with Gasteiger partial charge < -0.3 is 15.2 Å². The predicted molar refractivity (Wildman–Crippen MR) is 83.8 cm³/mol. The van der Waals surface area contributed by atoms with E-state index in [4.69, 9.17) is 4.74 Å². The second kappa shape index (κ2) is 7.11. The third kappa shape index (κ3) is 3.78. The van der Waals surface area contributed by atoms with Crippen LogP contribution in [0.5, 0.6) is 5.75 Å². The van der Waals surface area contributed by atoms with Gasteiger partial charge in [0.05, 0.1) is 12.7 Å². The van der Waals surface area contributed by atoms with Gasteiger partial charge in [-0.3, -0.25) is 9.69 Å². The van der Waals surface area contributed by atoms with E-state index in [9.17, 15) is 9.90 Å². The standard InChI is InChI=1S/C17H24N2O3/c20-16-6-2-1-4-13(16)7-8-17(21)18-10-15-11-19-9-3-5-14(19)12-22-15/h1-2,4,6,14-15,20H,3,5,7-12H2,(H,18,21). The van der Waals surface area contributed by atoms with Crippen molar-refractivity contribution in [3.05, 3.63) is 29.8 Å². The van der Waals surface area contributed by atoms with Gasteiger partial charge in [-0.15, -0.1) is 0 Å². The fourth-order valence-corrected chi connectivity index (χ4v) is 3.30. The summed E-state index contributed by atoms with van der Waals surface area (Å²) in [5, 5.41) is 12.6. The number of aromatic hydroxyl groups is 1. The van der Waals surface area contributed by atoms with E-state index in [0.717, 1.165) is 25.3 Å². The van der Waals surface area contributed by atoms with Crippen LogP contribution in [0.2, 0.25) is 0 Å². The molecule has 0 spiro atoms. The van der Waals surface area contributed by atoms with Crippen LogP contribution in [0.4, 0.5) is 0 Å². The highest BCUT2D eigenvalue weighted by Gasteiger charge is 2.32. The lowest BCUT2D eigenvalue weighted by Crippen LogP contribution is -2.50. The number of nitrogens with zero attached hydrogens (tertiary/aromatic N) is 1. The van der Waals surface area contributed by atoms with Crippen molar-refractivity contribution in [2.75, 3.05) is 26.2 Å².